The number of ether oxygens (including phenoxy) is 1. The molecule has 0 bridgehead atoms. The zero-order valence-electron chi connectivity index (χ0n) is 9.41. The highest BCUT2D eigenvalue weighted by Crippen LogP contribution is 2.01. The van der Waals surface area contributed by atoms with Crippen LogP contribution in [0, 0.1) is 0 Å². The molecule has 0 aliphatic heterocycles. The Labute approximate surface area is 98.6 Å². The second kappa shape index (κ2) is 8.91. The summed E-state index contributed by atoms with van der Waals surface area (Å²) < 4.78 is 5.03. The highest BCUT2D eigenvalue weighted by atomic mass is 16.5. The van der Waals surface area contributed by atoms with E-state index in [0.29, 0.717) is 0 Å². The van der Waals surface area contributed by atoms with Crippen molar-refractivity contribution in [2.75, 3.05) is 13.2 Å². The van der Waals surface area contributed by atoms with Crippen LogP contribution in [0.4, 0.5) is 0 Å². The molecule has 0 aromatic rings. The van der Waals surface area contributed by atoms with Crippen molar-refractivity contribution in [1.82, 2.24) is 0 Å². The molecule has 0 radical (unpaired) electrons. The van der Waals surface area contributed by atoms with Crippen LogP contribution in [0.25, 0.3) is 0 Å². The fourth-order valence-electron chi connectivity index (χ4n) is 1.15. The van der Waals surface area contributed by atoms with Gasteiger partial charge in [-0.1, -0.05) is 0 Å². The Morgan fingerprint density at radius 1 is 0.882 bits per heavy atom. The van der Waals surface area contributed by atoms with Crippen molar-refractivity contribution >= 4 is 11.9 Å². The van der Waals surface area contributed by atoms with Gasteiger partial charge in [-0.3, -0.25) is 9.59 Å². The maximum atomic E-state index is 10.2. The Morgan fingerprint density at radius 3 is 1.53 bits per heavy atom. The topological polar surface area (TPSA) is 124 Å². The van der Waals surface area contributed by atoms with Crippen LogP contribution >= 0.6 is 0 Å². The molecule has 4 N–H and O–H groups in total. The van der Waals surface area contributed by atoms with Gasteiger partial charge in [0.05, 0.1) is 25.0 Å². The fraction of sp³-hybridized carbons (Fsp3) is 0.800. The first-order chi connectivity index (χ1) is 7.91. The summed E-state index contributed by atoms with van der Waals surface area (Å²) in [6, 6.07) is 0. The molecule has 0 amide bonds. The summed E-state index contributed by atoms with van der Waals surface area (Å²) in [5.41, 5.74) is 0. The second-order valence-electron chi connectivity index (χ2n) is 3.69. The predicted molar refractivity (Wildman–Crippen MR) is 56.6 cm³/mol. The molecule has 0 fully saturated rings. The summed E-state index contributed by atoms with van der Waals surface area (Å²) in [6.07, 6.45) is -2.16. The van der Waals surface area contributed by atoms with E-state index in [-0.39, 0.29) is 38.9 Å². The number of aliphatic carboxylic acids is 2. The first kappa shape index (κ1) is 15.8. The molecular formula is C10H18O7. The molecule has 100 valence electrons. The number of hydrogen-bond donors (Lipinski definition) is 4. The molecule has 0 aromatic carbocycles. The Balaban J connectivity index is 3.39. The normalized spacial score (nSPS) is 14.2. The third kappa shape index (κ3) is 11.1. The smallest absolute Gasteiger partial charge is 0.305 e. The lowest BCUT2D eigenvalue weighted by molar-refractivity contribution is -0.140. The number of carbonyl (C=O) groups is 2. The van der Waals surface area contributed by atoms with Crippen molar-refractivity contribution in [2.24, 2.45) is 0 Å². The molecule has 7 heteroatoms. The van der Waals surface area contributed by atoms with Crippen LogP contribution in [0.1, 0.15) is 25.7 Å². The minimum absolute atomic E-state index is 0.175. The van der Waals surface area contributed by atoms with Crippen LogP contribution in [0.15, 0.2) is 0 Å². The van der Waals surface area contributed by atoms with Crippen molar-refractivity contribution in [3.63, 3.8) is 0 Å². The van der Waals surface area contributed by atoms with E-state index in [1.165, 1.54) is 0 Å². The molecule has 2 atom stereocenters. The Kier molecular flexibility index (Phi) is 8.29. The van der Waals surface area contributed by atoms with Crippen LogP contribution in [0.5, 0.6) is 0 Å². The van der Waals surface area contributed by atoms with E-state index < -0.39 is 24.1 Å². The molecule has 0 saturated heterocycles. The van der Waals surface area contributed by atoms with Crippen molar-refractivity contribution < 1.29 is 34.8 Å². The summed E-state index contributed by atoms with van der Waals surface area (Å²) in [6.45, 7) is 0.350. The number of carboxylic acids is 2. The van der Waals surface area contributed by atoms with E-state index in [0.717, 1.165) is 0 Å². The Bertz CT molecular complexity index is 217. The quantitative estimate of drug-likeness (QED) is 0.383. The van der Waals surface area contributed by atoms with Gasteiger partial charge < -0.3 is 25.2 Å². The van der Waals surface area contributed by atoms with E-state index in [9.17, 15) is 9.59 Å². The summed E-state index contributed by atoms with van der Waals surface area (Å²) in [5, 5.41) is 35.0. The molecule has 0 saturated carbocycles. The molecule has 7 nitrogen and oxygen atoms in total. The lowest BCUT2D eigenvalue weighted by atomic mass is 10.2. The second-order valence-corrected chi connectivity index (χ2v) is 3.69. The van der Waals surface area contributed by atoms with Crippen LogP contribution < -0.4 is 0 Å². The van der Waals surface area contributed by atoms with Gasteiger partial charge in [-0.2, -0.15) is 0 Å². The Morgan fingerprint density at radius 2 is 1.24 bits per heavy atom. The first-order valence-corrected chi connectivity index (χ1v) is 5.29. The first-order valence-electron chi connectivity index (χ1n) is 5.29. The molecular weight excluding hydrogens is 232 g/mol. The van der Waals surface area contributed by atoms with Crippen molar-refractivity contribution in [3.05, 3.63) is 0 Å². The van der Waals surface area contributed by atoms with Gasteiger partial charge >= 0.3 is 11.9 Å². The zero-order valence-corrected chi connectivity index (χ0v) is 9.41. The lowest BCUT2D eigenvalue weighted by Gasteiger charge is -2.10. The zero-order chi connectivity index (χ0) is 13.3. The third-order valence-corrected chi connectivity index (χ3v) is 2.01. The van der Waals surface area contributed by atoms with Crippen LogP contribution in [-0.2, 0) is 14.3 Å². The maximum Gasteiger partial charge on any atom is 0.305 e. The summed E-state index contributed by atoms with van der Waals surface area (Å²) in [7, 11) is 0. The highest BCUT2D eigenvalue weighted by Gasteiger charge is 2.10. The largest absolute Gasteiger partial charge is 0.481 e. The minimum Gasteiger partial charge on any atom is -0.481 e. The van der Waals surface area contributed by atoms with Gasteiger partial charge in [-0.15, -0.1) is 0 Å². The average molecular weight is 250 g/mol. The Hall–Kier alpha value is -1.18. The lowest BCUT2D eigenvalue weighted by Crippen LogP contribution is -2.18. The summed E-state index contributed by atoms with van der Waals surface area (Å²) in [4.78, 5) is 20.4. The molecule has 0 aliphatic carbocycles. The SMILES string of the molecule is O=C(O)CC(O)CCOCCC(O)CC(=O)O. The highest BCUT2D eigenvalue weighted by molar-refractivity contribution is 5.67. The molecule has 0 aliphatic rings. The van der Waals surface area contributed by atoms with Crippen molar-refractivity contribution in [3.8, 4) is 0 Å². The van der Waals surface area contributed by atoms with Crippen LogP contribution in [0.3, 0.4) is 0 Å². The number of carboxylic acid groups (broad SMARTS) is 2. The predicted octanol–water partition coefficient (Wildman–Crippen LogP) is -0.546. The minimum atomic E-state index is -1.07. The molecule has 0 rings (SSSR count). The molecule has 0 heterocycles. The number of aliphatic hydroxyl groups is 2. The van der Waals surface area contributed by atoms with Gasteiger partial charge in [0.25, 0.3) is 0 Å². The fourth-order valence-corrected chi connectivity index (χ4v) is 1.15. The number of aliphatic hydroxyl groups excluding tert-OH is 2. The standard InChI is InChI=1S/C10H18O7/c11-7(5-9(13)14)1-3-17-4-2-8(12)6-10(15)16/h7-8,11-12H,1-6H2,(H,13,14)(H,15,16). The average Bonchev–Trinajstić information content (AvgIpc) is 2.14. The van der Waals surface area contributed by atoms with Gasteiger partial charge in [0.15, 0.2) is 0 Å². The van der Waals surface area contributed by atoms with Gasteiger partial charge in [0.2, 0.25) is 0 Å². The van der Waals surface area contributed by atoms with Gasteiger partial charge in [0, 0.05) is 13.2 Å². The number of rotatable bonds is 10. The van der Waals surface area contributed by atoms with E-state index in [1.54, 1.807) is 0 Å². The molecule has 2 unspecified atom stereocenters. The van der Waals surface area contributed by atoms with Crippen LogP contribution in [-0.4, -0.2) is 57.8 Å². The third-order valence-electron chi connectivity index (χ3n) is 2.01. The summed E-state index contributed by atoms with van der Waals surface area (Å²) in [5.74, 6) is -2.15. The summed E-state index contributed by atoms with van der Waals surface area (Å²) >= 11 is 0. The van der Waals surface area contributed by atoms with E-state index >= 15 is 0 Å². The van der Waals surface area contributed by atoms with Gasteiger partial charge in [0.1, 0.15) is 0 Å². The molecule has 0 spiro atoms. The monoisotopic (exact) mass is 250 g/mol. The maximum absolute atomic E-state index is 10.2. The van der Waals surface area contributed by atoms with Crippen molar-refractivity contribution in [1.29, 1.82) is 0 Å². The van der Waals surface area contributed by atoms with E-state index in [1.807, 2.05) is 0 Å². The molecule has 17 heavy (non-hydrogen) atoms. The number of hydrogen-bond acceptors (Lipinski definition) is 5. The van der Waals surface area contributed by atoms with Crippen molar-refractivity contribution in [2.45, 2.75) is 37.9 Å². The van der Waals surface area contributed by atoms with E-state index in [4.69, 9.17) is 25.2 Å². The van der Waals surface area contributed by atoms with Gasteiger partial charge in [-0.25, -0.2) is 0 Å². The van der Waals surface area contributed by atoms with E-state index in [2.05, 4.69) is 0 Å². The van der Waals surface area contributed by atoms with Gasteiger partial charge in [-0.05, 0) is 12.8 Å². The van der Waals surface area contributed by atoms with Crippen LogP contribution in [0.2, 0.25) is 0 Å². The molecule has 0 aromatic heterocycles.